The Kier molecular flexibility index (Phi) is 5.10. The van der Waals surface area contributed by atoms with Crippen LogP contribution in [0, 0.1) is 6.92 Å². The monoisotopic (exact) mass is 428 g/mol. The van der Waals surface area contributed by atoms with Gasteiger partial charge in [0.25, 0.3) is 5.56 Å². The molecule has 1 N–H and O–H groups in total. The molecule has 4 aromatic rings. The second kappa shape index (κ2) is 7.75. The van der Waals surface area contributed by atoms with E-state index in [0.29, 0.717) is 28.5 Å². The van der Waals surface area contributed by atoms with Crippen LogP contribution in [-0.2, 0) is 12.6 Å². The number of hydrogen-bond donors (Lipinski definition) is 1. The van der Waals surface area contributed by atoms with Gasteiger partial charge in [-0.3, -0.25) is 4.79 Å². The zero-order valence-corrected chi connectivity index (χ0v) is 16.1. The maximum Gasteiger partial charge on any atom is 0.450 e. The molecule has 6 nitrogen and oxygen atoms in total. The van der Waals surface area contributed by atoms with E-state index in [1.165, 1.54) is 19.1 Å². The normalized spacial score (nSPS) is 11.6. The number of hydrogen-bond acceptors (Lipinski definition) is 5. The third-order valence-electron chi connectivity index (χ3n) is 4.59. The van der Waals surface area contributed by atoms with Crippen LogP contribution in [0.3, 0.4) is 0 Å². The minimum Gasteiger partial charge on any atom is -0.456 e. The summed E-state index contributed by atoms with van der Waals surface area (Å²) in [6.07, 6.45) is -4.51. The maximum atomic E-state index is 13.1. The summed E-state index contributed by atoms with van der Waals surface area (Å²) >= 11 is 0. The molecule has 0 atom stereocenters. The Bertz CT molecular complexity index is 1340. The van der Waals surface area contributed by atoms with E-state index in [9.17, 15) is 22.8 Å². The number of esters is 1. The van der Waals surface area contributed by atoms with Gasteiger partial charge in [-0.15, -0.1) is 0 Å². The minimum atomic E-state index is -4.82. The molecule has 0 aliphatic carbocycles. The number of halogens is 3. The van der Waals surface area contributed by atoms with Crippen molar-refractivity contribution in [2.45, 2.75) is 19.5 Å². The van der Waals surface area contributed by atoms with E-state index < -0.39 is 23.5 Å². The highest BCUT2D eigenvalue weighted by Gasteiger charge is 2.40. The molecule has 9 heteroatoms. The second-order valence-corrected chi connectivity index (χ2v) is 6.86. The van der Waals surface area contributed by atoms with Gasteiger partial charge in [0, 0.05) is 11.8 Å². The number of fused-ring (bicyclic) bond motifs is 1. The lowest BCUT2D eigenvalue weighted by molar-refractivity contribution is -0.153. The lowest BCUT2D eigenvalue weighted by Gasteiger charge is -2.09. The Balaban J connectivity index is 1.60. The molecular weight excluding hydrogens is 413 g/mol. The van der Waals surface area contributed by atoms with Gasteiger partial charge in [-0.05, 0) is 36.8 Å². The van der Waals surface area contributed by atoms with Gasteiger partial charge in [-0.2, -0.15) is 18.3 Å². The molecule has 0 aliphatic heterocycles. The molecule has 2 aromatic carbocycles. The standard InChI is InChI=1S/C22H15F3N2O4/c1-12-9-17(19(30-12)22(23,24)25)21(29)31-14-6-4-5-13(10-14)11-18-15-7-2-3-8-16(15)20(28)27-26-18/h2-10H,11H2,1H3,(H,27,28). The number of aromatic amines is 1. The fourth-order valence-corrected chi connectivity index (χ4v) is 3.26. The Morgan fingerprint density at radius 2 is 1.84 bits per heavy atom. The molecule has 0 saturated carbocycles. The molecule has 0 amide bonds. The van der Waals surface area contributed by atoms with Crippen molar-refractivity contribution >= 4 is 16.7 Å². The van der Waals surface area contributed by atoms with Crippen molar-refractivity contribution in [3.05, 3.63) is 93.3 Å². The number of H-pyrrole nitrogens is 1. The Labute approximate surface area is 173 Å². The van der Waals surface area contributed by atoms with Crippen LogP contribution in [0.25, 0.3) is 10.8 Å². The van der Waals surface area contributed by atoms with Crippen LogP contribution in [0.1, 0.15) is 33.1 Å². The summed E-state index contributed by atoms with van der Waals surface area (Å²) in [7, 11) is 0. The van der Waals surface area contributed by atoms with Gasteiger partial charge in [0.05, 0.1) is 11.1 Å². The van der Waals surface area contributed by atoms with Crippen molar-refractivity contribution in [1.29, 1.82) is 0 Å². The zero-order chi connectivity index (χ0) is 22.2. The number of nitrogens with zero attached hydrogens (tertiary/aromatic N) is 1. The number of carbonyl (C=O) groups is 1. The summed E-state index contributed by atoms with van der Waals surface area (Å²) in [6, 6.07) is 14.3. The van der Waals surface area contributed by atoms with Gasteiger partial charge in [-0.1, -0.05) is 30.3 Å². The number of alkyl halides is 3. The van der Waals surface area contributed by atoms with Gasteiger partial charge in [0.2, 0.25) is 5.76 Å². The molecule has 4 rings (SSSR count). The largest absolute Gasteiger partial charge is 0.456 e. The first kappa shape index (κ1) is 20.4. The van der Waals surface area contributed by atoms with Gasteiger partial charge < -0.3 is 9.15 Å². The van der Waals surface area contributed by atoms with Crippen molar-refractivity contribution in [3.8, 4) is 5.75 Å². The van der Waals surface area contributed by atoms with Crippen LogP contribution in [0.2, 0.25) is 0 Å². The summed E-state index contributed by atoms with van der Waals surface area (Å²) in [5.74, 6) is -2.55. The predicted molar refractivity (Wildman–Crippen MR) is 105 cm³/mol. The number of benzene rings is 2. The molecule has 0 spiro atoms. The zero-order valence-electron chi connectivity index (χ0n) is 16.1. The van der Waals surface area contributed by atoms with Gasteiger partial charge in [-0.25, -0.2) is 9.89 Å². The summed E-state index contributed by atoms with van der Waals surface area (Å²) in [4.78, 5) is 24.3. The Morgan fingerprint density at radius 1 is 1.10 bits per heavy atom. The highest BCUT2D eigenvalue weighted by atomic mass is 19.4. The molecule has 0 aliphatic rings. The van der Waals surface area contributed by atoms with Crippen molar-refractivity contribution in [2.24, 2.45) is 0 Å². The smallest absolute Gasteiger partial charge is 0.450 e. The van der Waals surface area contributed by atoms with Crippen molar-refractivity contribution in [2.75, 3.05) is 0 Å². The molecule has 31 heavy (non-hydrogen) atoms. The summed E-state index contributed by atoms with van der Waals surface area (Å²) < 4.78 is 49.1. The lowest BCUT2D eigenvalue weighted by atomic mass is 10.0. The number of aryl methyl sites for hydroxylation is 1. The summed E-state index contributed by atoms with van der Waals surface area (Å²) in [6.45, 7) is 1.31. The topological polar surface area (TPSA) is 85.2 Å². The first-order chi connectivity index (χ1) is 14.7. The molecule has 0 saturated heterocycles. The number of nitrogens with one attached hydrogen (secondary N) is 1. The van der Waals surface area contributed by atoms with Crippen molar-refractivity contribution < 1.29 is 27.1 Å². The van der Waals surface area contributed by atoms with Crippen LogP contribution in [-0.4, -0.2) is 16.2 Å². The van der Waals surface area contributed by atoms with E-state index in [1.807, 2.05) is 0 Å². The van der Waals surface area contributed by atoms with E-state index in [2.05, 4.69) is 14.6 Å². The average Bonchev–Trinajstić information content (AvgIpc) is 3.13. The van der Waals surface area contributed by atoms with Gasteiger partial charge in [0.15, 0.2) is 0 Å². The Morgan fingerprint density at radius 3 is 2.58 bits per heavy atom. The molecular formula is C22H15F3N2O4. The lowest BCUT2D eigenvalue weighted by Crippen LogP contribution is -2.15. The average molecular weight is 428 g/mol. The van der Waals surface area contributed by atoms with E-state index in [-0.39, 0.29) is 17.1 Å². The first-order valence-corrected chi connectivity index (χ1v) is 9.17. The number of rotatable bonds is 4. The van der Waals surface area contributed by atoms with E-state index >= 15 is 0 Å². The molecule has 2 heterocycles. The van der Waals surface area contributed by atoms with Crippen LogP contribution in [0.5, 0.6) is 5.75 Å². The number of furan rings is 1. The SMILES string of the molecule is Cc1cc(C(=O)Oc2cccc(Cc3n[nH]c(=O)c4ccccc34)c2)c(C(F)(F)F)o1. The first-order valence-electron chi connectivity index (χ1n) is 9.17. The van der Waals surface area contributed by atoms with E-state index in [1.54, 1.807) is 36.4 Å². The molecule has 0 radical (unpaired) electrons. The molecule has 0 fully saturated rings. The second-order valence-electron chi connectivity index (χ2n) is 6.86. The third kappa shape index (κ3) is 4.20. The van der Waals surface area contributed by atoms with Crippen LogP contribution in [0.15, 0.2) is 63.8 Å². The number of ether oxygens (including phenoxy) is 1. The predicted octanol–water partition coefficient (Wildman–Crippen LogP) is 4.65. The van der Waals surface area contributed by atoms with Crippen LogP contribution >= 0.6 is 0 Å². The molecule has 158 valence electrons. The Hall–Kier alpha value is -3.88. The fourth-order valence-electron chi connectivity index (χ4n) is 3.26. The molecule has 0 bridgehead atoms. The fraction of sp³-hybridized carbons (Fsp3) is 0.136. The highest BCUT2D eigenvalue weighted by molar-refractivity contribution is 5.92. The van der Waals surface area contributed by atoms with Crippen LogP contribution < -0.4 is 10.3 Å². The number of aromatic nitrogens is 2. The van der Waals surface area contributed by atoms with Crippen molar-refractivity contribution in [1.82, 2.24) is 10.2 Å². The minimum absolute atomic E-state index is 0.0518. The maximum absolute atomic E-state index is 13.1. The highest BCUT2D eigenvalue weighted by Crippen LogP contribution is 2.34. The van der Waals surface area contributed by atoms with Crippen molar-refractivity contribution in [3.63, 3.8) is 0 Å². The van der Waals surface area contributed by atoms with Gasteiger partial charge >= 0.3 is 12.1 Å². The van der Waals surface area contributed by atoms with Gasteiger partial charge in [0.1, 0.15) is 17.1 Å². The van der Waals surface area contributed by atoms with E-state index in [0.717, 1.165) is 6.07 Å². The van der Waals surface area contributed by atoms with Crippen LogP contribution in [0.4, 0.5) is 13.2 Å². The molecule has 0 unspecified atom stereocenters. The quantitative estimate of drug-likeness (QED) is 0.378. The third-order valence-corrected chi connectivity index (χ3v) is 4.59. The van der Waals surface area contributed by atoms with E-state index in [4.69, 9.17) is 4.74 Å². The summed E-state index contributed by atoms with van der Waals surface area (Å²) in [5.41, 5.74) is 0.291. The number of carbonyl (C=O) groups excluding carboxylic acids is 1. The molecule has 2 aromatic heterocycles. The summed E-state index contributed by atoms with van der Waals surface area (Å²) in [5, 5.41) is 7.71.